The Morgan fingerprint density at radius 2 is 2.18 bits per heavy atom. The second-order valence-electron chi connectivity index (χ2n) is 3.95. The van der Waals surface area contributed by atoms with Crippen molar-refractivity contribution >= 4 is 35.1 Å². The van der Waals surface area contributed by atoms with Crippen LogP contribution in [0.15, 0.2) is 24.3 Å². The molecule has 1 aliphatic heterocycles. The molecule has 2 nitrogen and oxygen atoms in total. The molecule has 1 aliphatic rings. The van der Waals surface area contributed by atoms with E-state index >= 15 is 0 Å². The Hall–Kier alpha value is -0.610. The van der Waals surface area contributed by atoms with Gasteiger partial charge >= 0.3 is 0 Å². The molecule has 0 atom stereocenters. The predicted octanol–water partition coefficient (Wildman–Crippen LogP) is 3.90. The number of thioether (sulfide) groups is 2. The van der Waals surface area contributed by atoms with E-state index in [9.17, 15) is 4.79 Å². The Labute approximate surface area is 111 Å². The third-order valence-electron chi connectivity index (χ3n) is 2.59. The number of carbonyl (C=O) groups is 1. The number of carbonyl (C=O) groups excluding carboxylic acids is 1. The van der Waals surface area contributed by atoms with Crippen molar-refractivity contribution in [3.63, 3.8) is 0 Å². The van der Waals surface area contributed by atoms with Crippen LogP contribution < -0.4 is 5.32 Å². The van der Waals surface area contributed by atoms with Gasteiger partial charge in [0.25, 0.3) is 0 Å². The number of hydrogen-bond donors (Lipinski definition) is 1. The van der Waals surface area contributed by atoms with Crippen molar-refractivity contribution in [1.82, 2.24) is 0 Å². The van der Waals surface area contributed by atoms with Gasteiger partial charge in [-0.1, -0.05) is 19.1 Å². The zero-order valence-corrected chi connectivity index (χ0v) is 11.6. The molecule has 1 aromatic carbocycles. The molecular weight excluding hydrogens is 250 g/mol. The number of rotatable bonds is 3. The first-order valence-electron chi connectivity index (χ1n) is 5.92. The lowest BCUT2D eigenvalue weighted by Gasteiger charge is -2.21. The minimum Gasteiger partial charge on any atom is -0.326 e. The highest BCUT2D eigenvalue weighted by atomic mass is 32.2. The highest BCUT2D eigenvalue weighted by Crippen LogP contribution is 2.43. The Balaban J connectivity index is 2.07. The standard InChI is InChI=1S/C13H17NOS2/c1-2-12(15)14-11-6-3-5-10(9-11)13-16-7-4-8-17-13/h3,5-6,9,13H,2,4,7-8H2,1H3,(H,14,15). The van der Waals surface area contributed by atoms with Crippen molar-refractivity contribution in [2.24, 2.45) is 0 Å². The summed E-state index contributed by atoms with van der Waals surface area (Å²) in [4.78, 5) is 11.3. The van der Waals surface area contributed by atoms with Gasteiger partial charge in [0, 0.05) is 12.1 Å². The summed E-state index contributed by atoms with van der Waals surface area (Å²) >= 11 is 4.00. The SMILES string of the molecule is CCC(=O)Nc1cccc(C2SCCCS2)c1. The van der Waals surface area contributed by atoms with E-state index < -0.39 is 0 Å². The van der Waals surface area contributed by atoms with E-state index in [0.29, 0.717) is 11.0 Å². The third kappa shape index (κ3) is 3.68. The van der Waals surface area contributed by atoms with Crippen molar-refractivity contribution < 1.29 is 4.79 Å². The van der Waals surface area contributed by atoms with E-state index in [0.717, 1.165) is 5.69 Å². The van der Waals surface area contributed by atoms with Crippen molar-refractivity contribution in [2.75, 3.05) is 16.8 Å². The maximum Gasteiger partial charge on any atom is 0.224 e. The van der Waals surface area contributed by atoms with Gasteiger partial charge in [-0.05, 0) is 35.6 Å². The third-order valence-corrected chi connectivity index (χ3v) is 5.61. The fourth-order valence-corrected chi connectivity index (χ4v) is 4.57. The monoisotopic (exact) mass is 267 g/mol. The van der Waals surface area contributed by atoms with Gasteiger partial charge in [0.1, 0.15) is 0 Å². The lowest BCUT2D eigenvalue weighted by atomic mass is 10.2. The summed E-state index contributed by atoms with van der Waals surface area (Å²) < 4.78 is 0.530. The summed E-state index contributed by atoms with van der Waals surface area (Å²) in [6, 6.07) is 8.23. The van der Waals surface area contributed by atoms with Crippen LogP contribution >= 0.6 is 23.5 Å². The molecule has 1 aromatic rings. The molecule has 0 aromatic heterocycles. The Morgan fingerprint density at radius 3 is 2.88 bits per heavy atom. The van der Waals surface area contributed by atoms with Gasteiger partial charge in [0.05, 0.1) is 4.58 Å². The molecule has 0 bridgehead atoms. The number of nitrogens with one attached hydrogen (secondary N) is 1. The van der Waals surface area contributed by atoms with E-state index in [1.165, 1.54) is 23.5 Å². The first-order chi connectivity index (χ1) is 8.29. The molecule has 1 saturated heterocycles. The maximum absolute atomic E-state index is 11.3. The molecule has 1 fully saturated rings. The molecule has 0 unspecified atom stereocenters. The lowest BCUT2D eigenvalue weighted by Crippen LogP contribution is -2.09. The smallest absolute Gasteiger partial charge is 0.224 e. The molecule has 0 aliphatic carbocycles. The largest absolute Gasteiger partial charge is 0.326 e. The van der Waals surface area contributed by atoms with Gasteiger partial charge in [-0.15, -0.1) is 23.5 Å². The predicted molar refractivity (Wildman–Crippen MR) is 77.6 cm³/mol. The van der Waals surface area contributed by atoms with Gasteiger partial charge in [0.15, 0.2) is 0 Å². The molecule has 2 rings (SSSR count). The lowest BCUT2D eigenvalue weighted by molar-refractivity contribution is -0.115. The number of amides is 1. The maximum atomic E-state index is 11.3. The average molecular weight is 267 g/mol. The molecule has 0 spiro atoms. The number of benzene rings is 1. The molecule has 1 N–H and O–H groups in total. The van der Waals surface area contributed by atoms with Crippen LogP contribution in [-0.2, 0) is 4.79 Å². The molecule has 1 heterocycles. The van der Waals surface area contributed by atoms with Crippen LogP contribution in [0, 0.1) is 0 Å². The molecule has 4 heteroatoms. The second-order valence-corrected chi connectivity index (χ2v) is 6.68. The minimum atomic E-state index is 0.0751. The van der Waals surface area contributed by atoms with E-state index in [2.05, 4.69) is 17.4 Å². The molecule has 92 valence electrons. The summed E-state index contributed by atoms with van der Waals surface area (Å²) in [7, 11) is 0. The van der Waals surface area contributed by atoms with Gasteiger partial charge in [-0.3, -0.25) is 4.79 Å². The fraction of sp³-hybridized carbons (Fsp3) is 0.462. The van der Waals surface area contributed by atoms with Crippen LogP contribution in [0.4, 0.5) is 5.69 Å². The molecule has 17 heavy (non-hydrogen) atoms. The van der Waals surface area contributed by atoms with Gasteiger partial charge in [0.2, 0.25) is 5.91 Å². The van der Waals surface area contributed by atoms with E-state index in [4.69, 9.17) is 0 Å². The van der Waals surface area contributed by atoms with Crippen LogP contribution in [0.3, 0.4) is 0 Å². The van der Waals surface area contributed by atoms with Crippen LogP contribution in [0.1, 0.15) is 29.9 Å². The fourth-order valence-electron chi connectivity index (χ4n) is 1.69. The zero-order chi connectivity index (χ0) is 12.1. The zero-order valence-electron chi connectivity index (χ0n) is 9.94. The summed E-state index contributed by atoms with van der Waals surface area (Å²) in [6.45, 7) is 1.87. The first kappa shape index (κ1) is 12.8. The van der Waals surface area contributed by atoms with E-state index in [1.54, 1.807) is 0 Å². The topological polar surface area (TPSA) is 29.1 Å². The van der Waals surface area contributed by atoms with Crippen LogP contribution in [-0.4, -0.2) is 17.4 Å². The van der Waals surface area contributed by atoms with Crippen LogP contribution in [0.2, 0.25) is 0 Å². The Bertz CT molecular complexity index is 389. The van der Waals surface area contributed by atoms with Crippen molar-refractivity contribution in [3.8, 4) is 0 Å². The van der Waals surface area contributed by atoms with E-state index in [1.807, 2.05) is 42.6 Å². The van der Waals surface area contributed by atoms with Gasteiger partial charge < -0.3 is 5.32 Å². The first-order valence-corrected chi connectivity index (χ1v) is 8.02. The summed E-state index contributed by atoms with van der Waals surface area (Å²) in [5.41, 5.74) is 2.23. The molecular formula is C13H17NOS2. The molecule has 0 radical (unpaired) electrons. The van der Waals surface area contributed by atoms with Crippen molar-refractivity contribution in [2.45, 2.75) is 24.3 Å². The number of hydrogen-bond acceptors (Lipinski definition) is 3. The molecule has 0 saturated carbocycles. The van der Waals surface area contributed by atoms with Crippen LogP contribution in [0.5, 0.6) is 0 Å². The normalized spacial score (nSPS) is 16.8. The quantitative estimate of drug-likeness (QED) is 0.900. The second kappa shape index (κ2) is 6.36. The summed E-state index contributed by atoms with van der Waals surface area (Å²) in [5, 5.41) is 2.91. The van der Waals surface area contributed by atoms with Gasteiger partial charge in [-0.2, -0.15) is 0 Å². The molecule has 1 amide bonds. The highest BCUT2D eigenvalue weighted by molar-refractivity contribution is 8.16. The van der Waals surface area contributed by atoms with E-state index in [-0.39, 0.29) is 5.91 Å². The average Bonchev–Trinajstić information content (AvgIpc) is 2.40. The van der Waals surface area contributed by atoms with Crippen molar-refractivity contribution in [3.05, 3.63) is 29.8 Å². The Kier molecular flexibility index (Phi) is 4.80. The Morgan fingerprint density at radius 1 is 1.41 bits per heavy atom. The summed E-state index contributed by atoms with van der Waals surface area (Å²) in [5.74, 6) is 2.55. The highest BCUT2D eigenvalue weighted by Gasteiger charge is 2.16. The van der Waals surface area contributed by atoms with Crippen molar-refractivity contribution in [1.29, 1.82) is 0 Å². The summed E-state index contributed by atoms with van der Waals surface area (Å²) in [6.07, 6.45) is 1.83. The minimum absolute atomic E-state index is 0.0751. The number of anilines is 1. The van der Waals surface area contributed by atoms with Gasteiger partial charge in [-0.25, -0.2) is 0 Å². The van der Waals surface area contributed by atoms with Crippen LogP contribution in [0.25, 0.3) is 0 Å².